The third-order valence-electron chi connectivity index (χ3n) is 4.57. The van der Waals surface area contributed by atoms with Crippen LogP contribution in [0.1, 0.15) is 18.7 Å². The molecule has 2 aromatic rings. The molecule has 1 unspecified atom stereocenters. The molecule has 9 nitrogen and oxygen atoms in total. The zero-order valence-corrected chi connectivity index (χ0v) is 13.8. The SMILES string of the molecule is CN1CC2(CCN(C(=O)CCc3nc(-c4ccco4)no3)C2)OC1=O. The maximum atomic E-state index is 12.4. The Balaban J connectivity index is 1.32. The first-order valence-corrected chi connectivity index (χ1v) is 8.13. The van der Waals surface area contributed by atoms with E-state index in [1.165, 1.54) is 6.26 Å². The number of rotatable bonds is 4. The molecule has 9 heteroatoms. The van der Waals surface area contributed by atoms with Crippen LogP contribution in [0.25, 0.3) is 11.6 Å². The lowest BCUT2D eigenvalue weighted by atomic mass is 10.0. The lowest BCUT2D eigenvalue weighted by Crippen LogP contribution is -2.39. The van der Waals surface area contributed by atoms with Crippen LogP contribution in [-0.4, -0.2) is 64.2 Å². The fourth-order valence-corrected chi connectivity index (χ4v) is 3.30. The van der Waals surface area contributed by atoms with Gasteiger partial charge in [0.15, 0.2) is 11.4 Å². The van der Waals surface area contributed by atoms with Crippen LogP contribution < -0.4 is 0 Å². The third-order valence-corrected chi connectivity index (χ3v) is 4.57. The van der Waals surface area contributed by atoms with Crippen molar-refractivity contribution in [3.63, 3.8) is 0 Å². The highest BCUT2D eigenvalue weighted by atomic mass is 16.6. The summed E-state index contributed by atoms with van der Waals surface area (Å²) in [5.74, 6) is 1.27. The Morgan fingerprint density at radius 3 is 3.00 bits per heavy atom. The van der Waals surface area contributed by atoms with Crippen molar-refractivity contribution in [2.45, 2.75) is 24.9 Å². The highest BCUT2D eigenvalue weighted by Crippen LogP contribution is 2.32. The largest absolute Gasteiger partial charge is 0.461 e. The van der Waals surface area contributed by atoms with Gasteiger partial charge in [-0.1, -0.05) is 5.16 Å². The van der Waals surface area contributed by atoms with Gasteiger partial charge in [-0.25, -0.2) is 4.79 Å². The average molecular weight is 346 g/mol. The highest BCUT2D eigenvalue weighted by Gasteiger charge is 2.49. The van der Waals surface area contributed by atoms with Crippen molar-refractivity contribution in [3.05, 3.63) is 24.3 Å². The van der Waals surface area contributed by atoms with E-state index in [-0.39, 0.29) is 18.4 Å². The number of hydrogen-bond donors (Lipinski definition) is 0. The van der Waals surface area contributed by atoms with Crippen molar-refractivity contribution >= 4 is 12.0 Å². The van der Waals surface area contributed by atoms with Crippen molar-refractivity contribution in [2.75, 3.05) is 26.7 Å². The number of amides is 2. The molecule has 0 N–H and O–H groups in total. The monoisotopic (exact) mass is 346 g/mol. The number of aryl methyl sites for hydroxylation is 1. The average Bonchev–Trinajstić information content (AvgIpc) is 3.35. The normalized spacial score (nSPS) is 22.8. The number of ether oxygens (including phenoxy) is 1. The smallest absolute Gasteiger partial charge is 0.410 e. The minimum atomic E-state index is -0.557. The molecule has 0 radical (unpaired) electrons. The molecule has 2 fully saturated rings. The molecule has 1 spiro atoms. The molecule has 0 aromatic carbocycles. The Morgan fingerprint density at radius 1 is 1.40 bits per heavy atom. The zero-order chi connectivity index (χ0) is 17.4. The van der Waals surface area contributed by atoms with Gasteiger partial charge in [-0.15, -0.1) is 0 Å². The summed E-state index contributed by atoms with van der Waals surface area (Å²) in [5, 5.41) is 3.84. The molecule has 4 rings (SSSR count). The molecule has 0 aliphatic carbocycles. The van der Waals surface area contributed by atoms with Gasteiger partial charge in [0, 0.05) is 32.9 Å². The van der Waals surface area contributed by atoms with E-state index in [4.69, 9.17) is 13.7 Å². The van der Waals surface area contributed by atoms with Gasteiger partial charge in [0.05, 0.1) is 19.4 Å². The Bertz CT molecular complexity index is 786. The minimum Gasteiger partial charge on any atom is -0.461 e. The van der Waals surface area contributed by atoms with Crippen LogP contribution in [0.3, 0.4) is 0 Å². The third kappa shape index (κ3) is 2.97. The quantitative estimate of drug-likeness (QED) is 0.822. The summed E-state index contributed by atoms with van der Waals surface area (Å²) < 4.78 is 15.8. The van der Waals surface area contributed by atoms with Crippen molar-refractivity contribution < 1.29 is 23.3 Å². The summed E-state index contributed by atoms with van der Waals surface area (Å²) >= 11 is 0. The maximum absolute atomic E-state index is 12.4. The maximum Gasteiger partial charge on any atom is 0.410 e. The molecule has 0 saturated carbocycles. The summed E-state index contributed by atoms with van der Waals surface area (Å²) in [5.41, 5.74) is -0.557. The summed E-state index contributed by atoms with van der Waals surface area (Å²) in [4.78, 5) is 31.5. The van der Waals surface area contributed by atoms with Crippen LogP contribution in [0.5, 0.6) is 0 Å². The highest BCUT2D eigenvalue weighted by molar-refractivity contribution is 5.77. The van der Waals surface area contributed by atoms with Gasteiger partial charge in [-0.2, -0.15) is 4.98 Å². The lowest BCUT2D eigenvalue weighted by Gasteiger charge is -2.21. The van der Waals surface area contributed by atoms with Crippen molar-refractivity contribution in [1.82, 2.24) is 19.9 Å². The Morgan fingerprint density at radius 2 is 2.28 bits per heavy atom. The van der Waals surface area contributed by atoms with Gasteiger partial charge < -0.3 is 23.5 Å². The molecule has 132 valence electrons. The standard InChI is InChI=1S/C16H18N4O5/c1-19-9-16(24-15(19)22)6-7-20(10-16)13(21)5-4-12-17-14(18-25-12)11-3-2-8-23-11/h2-3,8H,4-7,9-10H2,1H3. The molecule has 2 amide bonds. The first-order chi connectivity index (χ1) is 12.0. The van der Waals surface area contributed by atoms with Gasteiger partial charge in [-0.3, -0.25) is 4.79 Å². The first kappa shape index (κ1) is 15.7. The summed E-state index contributed by atoms with van der Waals surface area (Å²) in [6.07, 6.45) is 2.49. The van der Waals surface area contributed by atoms with E-state index in [9.17, 15) is 9.59 Å². The molecule has 4 heterocycles. The van der Waals surface area contributed by atoms with Crippen LogP contribution in [0.4, 0.5) is 4.79 Å². The predicted octanol–water partition coefficient (Wildman–Crippen LogP) is 1.32. The molecule has 2 aliphatic rings. The topological polar surface area (TPSA) is 102 Å². The van der Waals surface area contributed by atoms with E-state index in [0.717, 1.165) is 0 Å². The second-order valence-electron chi connectivity index (χ2n) is 6.46. The summed E-state index contributed by atoms with van der Waals surface area (Å²) in [6, 6.07) is 3.48. The predicted molar refractivity (Wildman–Crippen MR) is 83.4 cm³/mol. The van der Waals surface area contributed by atoms with Crippen LogP contribution in [0.15, 0.2) is 27.3 Å². The number of furan rings is 1. The molecule has 0 bridgehead atoms. The number of likely N-dealkylation sites (N-methyl/N-ethyl adjacent to an activating group) is 1. The Labute approximate surface area is 143 Å². The zero-order valence-electron chi connectivity index (χ0n) is 13.8. The van der Waals surface area contributed by atoms with E-state index in [0.29, 0.717) is 50.0 Å². The van der Waals surface area contributed by atoms with Crippen molar-refractivity contribution in [1.29, 1.82) is 0 Å². The second kappa shape index (κ2) is 5.91. The summed E-state index contributed by atoms with van der Waals surface area (Å²) in [7, 11) is 1.70. The minimum absolute atomic E-state index is 0.0137. The van der Waals surface area contributed by atoms with Crippen LogP contribution in [-0.2, 0) is 16.0 Å². The number of hydrogen-bond acceptors (Lipinski definition) is 7. The van der Waals surface area contributed by atoms with Crippen LogP contribution in [0, 0.1) is 0 Å². The van der Waals surface area contributed by atoms with Crippen LogP contribution >= 0.6 is 0 Å². The molecular weight excluding hydrogens is 328 g/mol. The van der Waals surface area contributed by atoms with Crippen LogP contribution in [0.2, 0.25) is 0 Å². The van der Waals surface area contributed by atoms with Gasteiger partial charge in [0.1, 0.15) is 0 Å². The van der Waals surface area contributed by atoms with Gasteiger partial charge >= 0.3 is 6.09 Å². The summed E-state index contributed by atoms with van der Waals surface area (Å²) in [6.45, 7) is 1.54. The second-order valence-corrected chi connectivity index (χ2v) is 6.46. The van der Waals surface area contributed by atoms with Gasteiger partial charge in [-0.05, 0) is 12.1 Å². The fourth-order valence-electron chi connectivity index (χ4n) is 3.30. The van der Waals surface area contributed by atoms with E-state index in [1.807, 2.05) is 0 Å². The molecule has 1 atom stereocenters. The number of carbonyl (C=O) groups excluding carboxylic acids is 2. The number of likely N-dealkylation sites (tertiary alicyclic amines) is 1. The molecule has 2 aromatic heterocycles. The van der Waals surface area contributed by atoms with Gasteiger partial charge in [0.25, 0.3) is 0 Å². The van der Waals surface area contributed by atoms with Gasteiger partial charge in [0.2, 0.25) is 17.6 Å². The Hall–Kier alpha value is -2.84. The van der Waals surface area contributed by atoms with E-state index < -0.39 is 5.60 Å². The molecule has 25 heavy (non-hydrogen) atoms. The lowest BCUT2D eigenvalue weighted by molar-refractivity contribution is -0.131. The number of carbonyl (C=O) groups is 2. The van der Waals surface area contributed by atoms with E-state index >= 15 is 0 Å². The van der Waals surface area contributed by atoms with E-state index in [1.54, 1.807) is 29.0 Å². The van der Waals surface area contributed by atoms with Crippen molar-refractivity contribution in [3.8, 4) is 11.6 Å². The van der Waals surface area contributed by atoms with Crippen molar-refractivity contribution in [2.24, 2.45) is 0 Å². The fraction of sp³-hybridized carbons (Fsp3) is 0.500. The Kier molecular flexibility index (Phi) is 3.70. The first-order valence-electron chi connectivity index (χ1n) is 8.13. The number of nitrogens with zero attached hydrogens (tertiary/aromatic N) is 4. The molecule has 2 saturated heterocycles. The molecular formula is C16H18N4O5. The molecule has 2 aliphatic heterocycles. The number of aromatic nitrogens is 2. The van der Waals surface area contributed by atoms with E-state index in [2.05, 4.69) is 10.1 Å².